The summed E-state index contributed by atoms with van der Waals surface area (Å²) in [5.74, 6) is 5.26. The molecule has 2 amide bonds. The molecular formula is C11H11ClN4O2. The summed E-state index contributed by atoms with van der Waals surface area (Å²) in [6.45, 7) is 0.110. The van der Waals surface area contributed by atoms with Crippen LogP contribution in [-0.4, -0.2) is 21.7 Å². The Labute approximate surface area is 108 Å². The Bertz CT molecular complexity index is 528. The number of carbonyl (C=O) groups excluding carboxylic acids is 2. The fourth-order valence-electron chi connectivity index (χ4n) is 2.23. The van der Waals surface area contributed by atoms with Crippen LogP contribution in [-0.2, 0) is 16.1 Å². The van der Waals surface area contributed by atoms with Crippen molar-refractivity contribution in [2.24, 2.45) is 17.7 Å². The zero-order chi connectivity index (χ0) is 12.9. The minimum Gasteiger partial charge on any atom is -0.308 e. The molecule has 7 heteroatoms. The number of hydrogen-bond acceptors (Lipinski definition) is 5. The van der Waals surface area contributed by atoms with Crippen molar-refractivity contribution in [2.45, 2.75) is 13.0 Å². The fourth-order valence-corrected chi connectivity index (χ4v) is 2.40. The van der Waals surface area contributed by atoms with Gasteiger partial charge in [0.15, 0.2) is 0 Å². The fraction of sp³-hybridized carbons (Fsp3) is 0.364. The van der Waals surface area contributed by atoms with E-state index in [2.05, 4.69) is 10.4 Å². The molecule has 18 heavy (non-hydrogen) atoms. The lowest BCUT2D eigenvalue weighted by atomic mass is 10.3. The first-order valence-electron chi connectivity index (χ1n) is 5.59. The van der Waals surface area contributed by atoms with Gasteiger partial charge in [0, 0.05) is 0 Å². The highest BCUT2D eigenvalue weighted by Crippen LogP contribution is 2.47. The molecule has 3 N–H and O–H groups in total. The Hall–Kier alpha value is -1.66. The molecule has 0 spiro atoms. The van der Waals surface area contributed by atoms with Gasteiger partial charge in [0.05, 0.1) is 29.1 Å². The van der Waals surface area contributed by atoms with Gasteiger partial charge in [-0.25, -0.2) is 10.8 Å². The highest BCUT2D eigenvalue weighted by molar-refractivity contribution is 6.31. The molecule has 2 heterocycles. The zero-order valence-corrected chi connectivity index (χ0v) is 10.1. The molecule has 1 aliphatic carbocycles. The summed E-state index contributed by atoms with van der Waals surface area (Å²) in [6, 6.07) is 3.25. The standard InChI is InChI=1S/C11H11ClN4O2/c12-7-1-2-9(15-13)14-8(7)4-16-10(17)5-3-6(5)11(16)18/h1-2,5-6H,3-4,13H2,(H,14,15). The van der Waals surface area contributed by atoms with Gasteiger partial charge in [-0.3, -0.25) is 14.5 Å². The molecular weight excluding hydrogens is 256 g/mol. The molecule has 1 aromatic heterocycles. The van der Waals surface area contributed by atoms with Gasteiger partial charge in [-0.1, -0.05) is 11.6 Å². The van der Waals surface area contributed by atoms with Gasteiger partial charge < -0.3 is 5.43 Å². The van der Waals surface area contributed by atoms with Crippen molar-refractivity contribution in [3.05, 3.63) is 22.8 Å². The van der Waals surface area contributed by atoms with E-state index in [4.69, 9.17) is 17.4 Å². The number of piperidine rings is 1. The topological polar surface area (TPSA) is 88.3 Å². The lowest BCUT2D eigenvalue weighted by molar-refractivity contribution is -0.142. The van der Waals surface area contributed by atoms with E-state index < -0.39 is 0 Å². The number of carbonyl (C=O) groups is 2. The Morgan fingerprint density at radius 3 is 2.67 bits per heavy atom. The van der Waals surface area contributed by atoms with E-state index >= 15 is 0 Å². The van der Waals surface area contributed by atoms with Crippen LogP contribution in [0.25, 0.3) is 0 Å². The van der Waals surface area contributed by atoms with Crippen LogP contribution >= 0.6 is 11.6 Å². The Balaban J connectivity index is 1.84. The van der Waals surface area contributed by atoms with Gasteiger partial charge in [-0.05, 0) is 18.6 Å². The molecule has 2 fully saturated rings. The van der Waals surface area contributed by atoms with E-state index in [0.29, 0.717) is 23.0 Å². The predicted octanol–water partition coefficient (Wildman–Crippen LogP) is 0.525. The zero-order valence-electron chi connectivity index (χ0n) is 9.39. The minimum atomic E-state index is -0.117. The van der Waals surface area contributed by atoms with Gasteiger partial charge in [-0.2, -0.15) is 0 Å². The third-order valence-electron chi connectivity index (χ3n) is 3.33. The second-order valence-corrected chi connectivity index (χ2v) is 4.89. The number of hydrogen-bond donors (Lipinski definition) is 2. The number of hydrazine groups is 1. The summed E-state index contributed by atoms with van der Waals surface area (Å²) < 4.78 is 0. The molecule has 1 aromatic rings. The molecule has 0 aromatic carbocycles. The second kappa shape index (κ2) is 3.93. The molecule has 2 unspecified atom stereocenters. The van der Waals surface area contributed by atoms with Crippen molar-refractivity contribution in [2.75, 3.05) is 5.43 Å². The maximum Gasteiger partial charge on any atom is 0.233 e. The number of anilines is 1. The predicted molar refractivity (Wildman–Crippen MR) is 64.2 cm³/mol. The maximum absolute atomic E-state index is 11.8. The van der Waals surface area contributed by atoms with Crippen LogP contribution in [0.1, 0.15) is 12.1 Å². The summed E-state index contributed by atoms with van der Waals surface area (Å²) in [4.78, 5) is 29.0. The Morgan fingerprint density at radius 2 is 2.06 bits per heavy atom. The molecule has 94 valence electrons. The number of pyridine rings is 1. The van der Waals surface area contributed by atoms with Crippen molar-refractivity contribution < 1.29 is 9.59 Å². The number of amides is 2. The number of likely N-dealkylation sites (tertiary alicyclic amines) is 1. The third kappa shape index (κ3) is 1.65. The largest absolute Gasteiger partial charge is 0.308 e. The SMILES string of the molecule is NNc1ccc(Cl)c(CN2C(=O)C3CC3C2=O)n1. The van der Waals surface area contributed by atoms with E-state index in [9.17, 15) is 9.59 Å². The molecule has 0 bridgehead atoms. The van der Waals surface area contributed by atoms with Gasteiger partial charge in [-0.15, -0.1) is 0 Å². The van der Waals surface area contributed by atoms with Crippen LogP contribution in [0, 0.1) is 11.8 Å². The molecule has 2 atom stereocenters. The van der Waals surface area contributed by atoms with Gasteiger partial charge in [0.1, 0.15) is 5.82 Å². The van der Waals surface area contributed by atoms with Gasteiger partial charge >= 0.3 is 0 Å². The number of nitrogens with one attached hydrogen (secondary N) is 1. The number of nitrogens with two attached hydrogens (primary N) is 1. The number of imide groups is 1. The highest BCUT2D eigenvalue weighted by Gasteiger charge is 2.58. The first-order chi connectivity index (χ1) is 8.61. The molecule has 6 nitrogen and oxygen atoms in total. The molecule has 1 saturated carbocycles. The van der Waals surface area contributed by atoms with Crippen molar-refractivity contribution in [3.8, 4) is 0 Å². The first kappa shape index (κ1) is 11.4. The quantitative estimate of drug-likeness (QED) is 0.473. The molecule has 3 rings (SSSR count). The van der Waals surface area contributed by atoms with Crippen LogP contribution in [0.5, 0.6) is 0 Å². The van der Waals surface area contributed by atoms with Crippen LogP contribution in [0.3, 0.4) is 0 Å². The van der Waals surface area contributed by atoms with Crippen molar-refractivity contribution in [1.82, 2.24) is 9.88 Å². The van der Waals surface area contributed by atoms with E-state index in [-0.39, 0.29) is 30.2 Å². The summed E-state index contributed by atoms with van der Waals surface area (Å²) >= 11 is 5.99. The average molecular weight is 267 g/mol. The van der Waals surface area contributed by atoms with Crippen LogP contribution in [0.2, 0.25) is 5.02 Å². The third-order valence-corrected chi connectivity index (χ3v) is 3.68. The lowest BCUT2D eigenvalue weighted by Crippen LogP contribution is -2.32. The van der Waals surface area contributed by atoms with E-state index in [1.54, 1.807) is 12.1 Å². The van der Waals surface area contributed by atoms with Crippen LogP contribution in [0.4, 0.5) is 5.82 Å². The van der Waals surface area contributed by atoms with E-state index in [1.165, 1.54) is 4.90 Å². The number of rotatable bonds is 3. The van der Waals surface area contributed by atoms with Gasteiger partial charge in [0.25, 0.3) is 0 Å². The van der Waals surface area contributed by atoms with Crippen LogP contribution < -0.4 is 11.3 Å². The Kier molecular flexibility index (Phi) is 2.49. The van der Waals surface area contributed by atoms with E-state index in [0.717, 1.165) is 0 Å². The number of fused-ring (bicyclic) bond motifs is 1. The minimum absolute atomic E-state index is 0.105. The van der Waals surface area contributed by atoms with Crippen LogP contribution in [0.15, 0.2) is 12.1 Å². The number of nitrogen functional groups attached to an aromatic ring is 1. The molecule has 2 aliphatic rings. The number of aromatic nitrogens is 1. The van der Waals surface area contributed by atoms with E-state index in [1.807, 2.05) is 0 Å². The van der Waals surface area contributed by atoms with Gasteiger partial charge in [0.2, 0.25) is 11.8 Å². The second-order valence-electron chi connectivity index (χ2n) is 4.48. The molecule has 1 aliphatic heterocycles. The summed E-state index contributed by atoms with van der Waals surface area (Å²) in [5.41, 5.74) is 2.87. The number of halogens is 1. The summed E-state index contributed by atoms with van der Waals surface area (Å²) in [7, 11) is 0. The normalized spacial score (nSPS) is 25.3. The lowest BCUT2D eigenvalue weighted by Gasteiger charge is -2.16. The van der Waals surface area contributed by atoms with Crippen molar-refractivity contribution >= 4 is 29.2 Å². The smallest absolute Gasteiger partial charge is 0.233 e. The molecule has 1 saturated heterocycles. The number of nitrogens with zero attached hydrogens (tertiary/aromatic N) is 2. The Morgan fingerprint density at radius 1 is 1.39 bits per heavy atom. The van der Waals surface area contributed by atoms with Crippen molar-refractivity contribution in [1.29, 1.82) is 0 Å². The summed E-state index contributed by atoms with van der Waals surface area (Å²) in [5, 5.41) is 0.412. The maximum atomic E-state index is 11.8. The molecule has 0 radical (unpaired) electrons. The first-order valence-corrected chi connectivity index (χ1v) is 5.97. The average Bonchev–Trinajstić information content (AvgIpc) is 3.12. The van der Waals surface area contributed by atoms with Crippen molar-refractivity contribution in [3.63, 3.8) is 0 Å². The summed E-state index contributed by atoms with van der Waals surface area (Å²) in [6.07, 6.45) is 0.694. The monoisotopic (exact) mass is 266 g/mol. The highest BCUT2D eigenvalue weighted by atomic mass is 35.5.